The quantitative estimate of drug-likeness (QED) is 0.521. The lowest BCUT2D eigenvalue weighted by molar-refractivity contribution is 0.740. The van der Waals surface area contributed by atoms with Gasteiger partial charge in [-0.2, -0.15) is 0 Å². The maximum atomic E-state index is 4.47. The lowest BCUT2D eigenvalue weighted by Gasteiger charge is -2.03. The number of allylic oxidation sites excluding steroid dienone is 1. The van der Waals surface area contributed by atoms with E-state index in [0.717, 1.165) is 6.42 Å². The van der Waals surface area contributed by atoms with E-state index in [4.69, 9.17) is 0 Å². The molecule has 0 amide bonds. The van der Waals surface area contributed by atoms with Crippen LogP contribution in [-0.2, 0) is 0 Å². The van der Waals surface area contributed by atoms with Crippen molar-refractivity contribution in [1.82, 2.24) is 0 Å². The number of unbranched alkanes of at least 4 members (excludes halogenated alkanes) is 1. The smallest absolute Gasteiger partial charge is 0.0259 e. The van der Waals surface area contributed by atoms with Gasteiger partial charge in [-0.1, -0.05) is 39.2 Å². The SMILES string of the molecule is CCCC/C(=C/N=C(\C)CC)CCC. The second-order valence-corrected chi connectivity index (χ2v) is 3.86. The van der Waals surface area contributed by atoms with Crippen LogP contribution in [0.25, 0.3) is 0 Å². The molecule has 0 aromatic heterocycles. The van der Waals surface area contributed by atoms with E-state index in [1.165, 1.54) is 43.4 Å². The van der Waals surface area contributed by atoms with Crippen LogP contribution in [0.4, 0.5) is 0 Å². The zero-order valence-electron chi connectivity index (χ0n) is 10.3. The van der Waals surface area contributed by atoms with Gasteiger partial charge in [0, 0.05) is 11.9 Å². The highest BCUT2D eigenvalue weighted by Crippen LogP contribution is 2.13. The fourth-order valence-electron chi connectivity index (χ4n) is 1.27. The van der Waals surface area contributed by atoms with Crippen molar-refractivity contribution >= 4 is 5.71 Å². The van der Waals surface area contributed by atoms with Gasteiger partial charge in [0.2, 0.25) is 0 Å². The molecule has 0 rings (SSSR count). The topological polar surface area (TPSA) is 12.4 Å². The molecule has 1 heteroatoms. The highest BCUT2D eigenvalue weighted by molar-refractivity contribution is 5.82. The van der Waals surface area contributed by atoms with Crippen LogP contribution in [0.1, 0.15) is 66.2 Å². The molecule has 14 heavy (non-hydrogen) atoms. The average Bonchev–Trinajstić information content (AvgIpc) is 2.21. The standard InChI is InChI=1S/C13H25N/c1-5-8-10-13(9-6-2)11-14-12(4)7-3/h11H,5-10H2,1-4H3/b13-11+,14-12+. The molecule has 0 N–H and O–H groups in total. The summed E-state index contributed by atoms with van der Waals surface area (Å²) in [4.78, 5) is 4.47. The van der Waals surface area contributed by atoms with Crippen molar-refractivity contribution in [2.24, 2.45) is 4.99 Å². The van der Waals surface area contributed by atoms with Crippen LogP contribution in [0.5, 0.6) is 0 Å². The van der Waals surface area contributed by atoms with Gasteiger partial charge in [0.25, 0.3) is 0 Å². The van der Waals surface area contributed by atoms with E-state index in [2.05, 4.69) is 38.9 Å². The fraction of sp³-hybridized carbons (Fsp3) is 0.769. The number of nitrogens with zero attached hydrogens (tertiary/aromatic N) is 1. The normalized spacial score (nSPS) is 13.4. The van der Waals surface area contributed by atoms with E-state index < -0.39 is 0 Å². The van der Waals surface area contributed by atoms with Gasteiger partial charge < -0.3 is 0 Å². The maximum absolute atomic E-state index is 4.47. The van der Waals surface area contributed by atoms with Crippen LogP contribution in [0.3, 0.4) is 0 Å². The van der Waals surface area contributed by atoms with Crippen molar-refractivity contribution in [3.8, 4) is 0 Å². The molecule has 0 spiro atoms. The molecule has 0 aromatic rings. The minimum absolute atomic E-state index is 1.06. The molecule has 0 saturated heterocycles. The van der Waals surface area contributed by atoms with Crippen LogP contribution in [0.2, 0.25) is 0 Å². The van der Waals surface area contributed by atoms with Crippen molar-refractivity contribution in [1.29, 1.82) is 0 Å². The van der Waals surface area contributed by atoms with E-state index in [9.17, 15) is 0 Å². The second kappa shape index (κ2) is 8.98. The Kier molecular flexibility index (Phi) is 8.61. The van der Waals surface area contributed by atoms with E-state index in [0.29, 0.717) is 0 Å². The third-order valence-electron chi connectivity index (χ3n) is 2.40. The molecule has 0 saturated carbocycles. The first-order chi connectivity index (χ1) is 6.74. The molecular weight excluding hydrogens is 170 g/mol. The Morgan fingerprint density at radius 3 is 2.29 bits per heavy atom. The summed E-state index contributed by atoms with van der Waals surface area (Å²) in [5.41, 5.74) is 2.75. The first-order valence-electron chi connectivity index (χ1n) is 5.95. The monoisotopic (exact) mass is 195 g/mol. The maximum Gasteiger partial charge on any atom is 0.0259 e. The number of hydrogen-bond acceptors (Lipinski definition) is 1. The summed E-state index contributed by atoms with van der Waals surface area (Å²) in [5.74, 6) is 0. The number of aliphatic imine (C=N–C) groups is 1. The van der Waals surface area contributed by atoms with Crippen LogP contribution in [0.15, 0.2) is 16.8 Å². The van der Waals surface area contributed by atoms with Gasteiger partial charge in [-0.15, -0.1) is 0 Å². The van der Waals surface area contributed by atoms with Gasteiger partial charge >= 0.3 is 0 Å². The molecule has 0 bridgehead atoms. The second-order valence-electron chi connectivity index (χ2n) is 3.86. The first kappa shape index (κ1) is 13.4. The lowest BCUT2D eigenvalue weighted by atomic mass is 10.1. The number of hydrogen-bond donors (Lipinski definition) is 0. The van der Waals surface area contributed by atoms with Gasteiger partial charge in [0.05, 0.1) is 0 Å². The molecule has 0 aromatic carbocycles. The Labute approximate surface area is 89.3 Å². The third-order valence-corrected chi connectivity index (χ3v) is 2.40. The summed E-state index contributed by atoms with van der Waals surface area (Å²) < 4.78 is 0. The van der Waals surface area contributed by atoms with E-state index in [1.54, 1.807) is 0 Å². The van der Waals surface area contributed by atoms with Crippen molar-refractivity contribution in [2.75, 3.05) is 0 Å². The molecule has 0 heterocycles. The van der Waals surface area contributed by atoms with E-state index in [1.807, 2.05) is 0 Å². The van der Waals surface area contributed by atoms with Crippen LogP contribution >= 0.6 is 0 Å². The molecule has 0 radical (unpaired) electrons. The summed E-state index contributed by atoms with van der Waals surface area (Å²) in [7, 11) is 0. The average molecular weight is 195 g/mol. The first-order valence-corrected chi connectivity index (χ1v) is 5.95. The Morgan fingerprint density at radius 2 is 1.79 bits per heavy atom. The summed E-state index contributed by atoms with van der Waals surface area (Å²) in [5, 5.41) is 0. The van der Waals surface area contributed by atoms with Gasteiger partial charge in [0.1, 0.15) is 0 Å². The van der Waals surface area contributed by atoms with Gasteiger partial charge in [-0.3, -0.25) is 4.99 Å². The molecule has 82 valence electrons. The molecule has 0 aliphatic heterocycles. The zero-order chi connectivity index (χ0) is 10.8. The Balaban J connectivity index is 4.16. The Hall–Kier alpha value is -0.590. The fourth-order valence-corrected chi connectivity index (χ4v) is 1.27. The molecule has 0 unspecified atom stereocenters. The van der Waals surface area contributed by atoms with E-state index >= 15 is 0 Å². The van der Waals surface area contributed by atoms with Gasteiger partial charge in [-0.25, -0.2) is 0 Å². The molecule has 0 atom stereocenters. The van der Waals surface area contributed by atoms with Crippen LogP contribution < -0.4 is 0 Å². The van der Waals surface area contributed by atoms with Crippen LogP contribution in [0, 0.1) is 0 Å². The summed E-state index contributed by atoms with van der Waals surface area (Å²) in [6.45, 7) is 8.72. The highest BCUT2D eigenvalue weighted by atomic mass is 14.7. The van der Waals surface area contributed by atoms with Crippen molar-refractivity contribution in [3.05, 3.63) is 11.8 Å². The van der Waals surface area contributed by atoms with Gasteiger partial charge in [0.15, 0.2) is 0 Å². The summed E-state index contributed by atoms with van der Waals surface area (Å²) in [6.07, 6.45) is 9.40. The van der Waals surface area contributed by atoms with Crippen molar-refractivity contribution < 1.29 is 0 Å². The summed E-state index contributed by atoms with van der Waals surface area (Å²) >= 11 is 0. The minimum Gasteiger partial charge on any atom is -0.266 e. The summed E-state index contributed by atoms with van der Waals surface area (Å²) in [6, 6.07) is 0. The largest absolute Gasteiger partial charge is 0.266 e. The third kappa shape index (κ3) is 6.88. The molecule has 0 aliphatic rings. The predicted octanol–water partition coefficient (Wildman–Crippen LogP) is 4.73. The predicted molar refractivity (Wildman–Crippen MR) is 65.9 cm³/mol. The zero-order valence-corrected chi connectivity index (χ0v) is 10.3. The highest BCUT2D eigenvalue weighted by Gasteiger charge is 1.95. The molecule has 0 fully saturated rings. The van der Waals surface area contributed by atoms with E-state index in [-0.39, 0.29) is 0 Å². The molecular formula is C13H25N. The van der Waals surface area contributed by atoms with Crippen molar-refractivity contribution in [3.63, 3.8) is 0 Å². The van der Waals surface area contributed by atoms with Crippen LogP contribution in [-0.4, -0.2) is 5.71 Å². The van der Waals surface area contributed by atoms with Crippen molar-refractivity contribution in [2.45, 2.75) is 66.2 Å². The molecule has 0 aliphatic carbocycles. The Bertz CT molecular complexity index is 189. The Morgan fingerprint density at radius 1 is 1.07 bits per heavy atom. The lowest BCUT2D eigenvalue weighted by Crippen LogP contribution is -1.87. The number of rotatable bonds is 7. The minimum atomic E-state index is 1.06. The van der Waals surface area contributed by atoms with Gasteiger partial charge in [-0.05, 0) is 32.6 Å². The molecule has 1 nitrogen and oxygen atoms in total.